The summed E-state index contributed by atoms with van der Waals surface area (Å²) in [4.78, 5) is 47.9. The fraction of sp³-hybridized carbons (Fsp3) is 0.147. The third-order valence-corrected chi connectivity index (χ3v) is 8.19. The van der Waals surface area contributed by atoms with E-state index in [-0.39, 0.29) is 29.5 Å². The Hall–Kier alpha value is -5.24. The first-order chi connectivity index (χ1) is 20.5. The minimum Gasteiger partial charge on any atom is -0.356 e. The monoisotopic (exact) mass is 558 g/mol. The summed E-state index contributed by atoms with van der Waals surface area (Å²) in [5, 5.41) is 3.85. The maximum atomic E-state index is 14.2. The molecule has 2 atom stereocenters. The molecule has 0 spiro atoms. The molecule has 0 bridgehead atoms. The van der Waals surface area contributed by atoms with E-state index in [1.807, 2.05) is 54.6 Å². The molecule has 3 heterocycles. The van der Waals surface area contributed by atoms with Crippen LogP contribution >= 0.6 is 0 Å². The van der Waals surface area contributed by atoms with Gasteiger partial charge in [0, 0.05) is 29.6 Å². The SMILES string of the molecule is O=C(NCCc1ccccc1F)c1ccccc1N1C(=O)[C@@H]2Cc3c([nH]c4ccccc34)C(c3ccccc3)N2C1=O. The number of hydrogen-bond donors (Lipinski definition) is 2. The quantitative estimate of drug-likeness (QED) is 0.260. The number of amides is 4. The Bertz CT molecular complexity index is 1850. The Kier molecular flexibility index (Phi) is 6.31. The number of hydrogen-bond acceptors (Lipinski definition) is 3. The van der Waals surface area contributed by atoms with Gasteiger partial charge in [-0.05, 0) is 47.4 Å². The van der Waals surface area contributed by atoms with Gasteiger partial charge in [0.15, 0.2) is 0 Å². The first kappa shape index (κ1) is 25.7. The summed E-state index contributed by atoms with van der Waals surface area (Å²) in [5.74, 6) is -1.14. The molecule has 2 aliphatic rings. The lowest BCUT2D eigenvalue weighted by Crippen LogP contribution is -2.44. The van der Waals surface area contributed by atoms with Crippen molar-refractivity contribution in [2.45, 2.75) is 24.9 Å². The largest absolute Gasteiger partial charge is 0.356 e. The zero-order chi connectivity index (χ0) is 28.8. The molecule has 0 radical (unpaired) electrons. The van der Waals surface area contributed by atoms with Gasteiger partial charge in [-0.1, -0.05) is 78.9 Å². The van der Waals surface area contributed by atoms with E-state index in [1.165, 1.54) is 6.07 Å². The maximum absolute atomic E-state index is 14.2. The van der Waals surface area contributed by atoms with Crippen molar-refractivity contribution in [2.24, 2.45) is 0 Å². The molecular formula is C34H27FN4O3. The van der Waals surface area contributed by atoms with Crippen LogP contribution in [0.4, 0.5) is 14.9 Å². The van der Waals surface area contributed by atoms with Crippen molar-refractivity contribution in [1.82, 2.24) is 15.2 Å². The minimum atomic E-state index is -0.730. The second kappa shape index (κ2) is 10.3. The molecule has 1 unspecified atom stereocenters. The molecule has 5 aromatic rings. The van der Waals surface area contributed by atoms with Crippen molar-refractivity contribution in [3.63, 3.8) is 0 Å². The van der Waals surface area contributed by atoms with Crippen molar-refractivity contribution >= 4 is 34.4 Å². The third-order valence-electron chi connectivity index (χ3n) is 8.19. The maximum Gasteiger partial charge on any atom is 0.332 e. The Morgan fingerprint density at radius 1 is 0.881 bits per heavy atom. The molecule has 2 aliphatic heterocycles. The van der Waals surface area contributed by atoms with E-state index in [4.69, 9.17) is 0 Å². The lowest BCUT2D eigenvalue weighted by Gasteiger charge is -2.36. The number of rotatable bonds is 6. The fourth-order valence-corrected chi connectivity index (χ4v) is 6.25. The normalized spacial score (nSPS) is 17.8. The summed E-state index contributed by atoms with van der Waals surface area (Å²) in [6.07, 6.45) is 0.670. The number of aromatic nitrogens is 1. The lowest BCUT2D eigenvalue weighted by atomic mass is 9.89. The van der Waals surface area contributed by atoms with Gasteiger partial charge in [0.25, 0.3) is 11.8 Å². The number of aromatic amines is 1. The standard InChI is InChI=1S/C34H27FN4O3/c35-26-15-7-4-10-21(26)18-19-36-32(40)24-14-6-9-17-28(24)39-33(41)29-20-25-23-13-5-8-16-27(23)37-30(25)31(38(29)34(39)42)22-11-2-1-3-12-22/h1-17,29,31,37H,18-20H2,(H,36,40)/t29-,31?/m0/s1. The smallest absolute Gasteiger partial charge is 0.332 e. The topological polar surface area (TPSA) is 85.5 Å². The van der Waals surface area contributed by atoms with Crippen molar-refractivity contribution in [2.75, 3.05) is 11.4 Å². The van der Waals surface area contributed by atoms with E-state index in [9.17, 15) is 18.8 Å². The van der Waals surface area contributed by atoms with E-state index in [0.717, 1.165) is 32.6 Å². The van der Waals surface area contributed by atoms with E-state index in [0.29, 0.717) is 18.4 Å². The minimum absolute atomic E-state index is 0.197. The molecule has 0 saturated carbocycles. The van der Waals surface area contributed by atoms with Gasteiger partial charge in [0.1, 0.15) is 17.9 Å². The van der Waals surface area contributed by atoms with Gasteiger partial charge in [0.05, 0.1) is 11.3 Å². The van der Waals surface area contributed by atoms with Crippen LogP contribution in [-0.2, 0) is 17.6 Å². The number of nitrogens with one attached hydrogen (secondary N) is 2. The first-order valence-corrected chi connectivity index (χ1v) is 13.9. The molecule has 2 N–H and O–H groups in total. The predicted molar refractivity (Wildman–Crippen MR) is 158 cm³/mol. The number of halogens is 1. The Morgan fingerprint density at radius 3 is 2.43 bits per heavy atom. The molecular weight excluding hydrogens is 531 g/mol. The average molecular weight is 559 g/mol. The van der Waals surface area contributed by atoms with Crippen molar-refractivity contribution < 1.29 is 18.8 Å². The van der Waals surface area contributed by atoms with Gasteiger partial charge in [0.2, 0.25) is 0 Å². The van der Waals surface area contributed by atoms with Crippen LogP contribution in [0.5, 0.6) is 0 Å². The van der Waals surface area contributed by atoms with Gasteiger partial charge in [-0.15, -0.1) is 0 Å². The molecule has 7 rings (SSSR count). The van der Waals surface area contributed by atoms with Crippen LogP contribution in [0, 0.1) is 5.82 Å². The number of carbonyl (C=O) groups is 3. The molecule has 7 nitrogen and oxygen atoms in total. The van der Waals surface area contributed by atoms with Crippen molar-refractivity contribution in [3.05, 3.63) is 137 Å². The van der Waals surface area contributed by atoms with E-state index >= 15 is 0 Å². The van der Waals surface area contributed by atoms with Crippen LogP contribution in [0.15, 0.2) is 103 Å². The summed E-state index contributed by atoms with van der Waals surface area (Å²) in [6, 6.07) is 28.9. The highest BCUT2D eigenvalue weighted by Gasteiger charge is 2.53. The Morgan fingerprint density at radius 2 is 1.60 bits per heavy atom. The Labute approximate surface area is 241 Å². The second-order valence-corrected chi connectivity index (χ2v) is 10.6. The van der Waals surface area contributed by atoms with E-state index < -0.39 is 24.0 Å². The van der Waals surface area contributed by atoms with Crippen LogP contribution in [0.1, 0.15) is 38.8 Å². The first-order valence-electron chi connectivity index (χ1n) is 13.9. The molecule has 1 saturated heterocycles. The summed E-state index contributed by atoms with van der Waals surface area (Å²) >= 11 is 0. The molecule has 8 heteroatoms. The summed E-state index contributed by atoms with van der Waals surface area (Å²) in [5.41, 5.74) is 4.67. The molecule has 1 aromatic heterocycles. The number of carbonyl (C=O) groups excluding carboxylic acids is 3. The van der Waals surface area contributed by atoms with E-state index in [1.54, 1.807) is 47.4 Å². The molecule has 42 heavy (non-hydrogen) atoms. The number of nitrogens with zero attached hydrogens (tertiary/aromatic N) is 2. The lowest BCUT2D eigenvalue weighted by molar-refractivity contribution is -0.120. The third kappa shape index (κ3) is 4.15. The zero-order valence-electron chi connectivity index (χ0n) is 22.6. The summed E-state index contributed by atoms with van der Waals surface area (Å²) in [6.45, 7) is 0.197. The molecule has 1 fully saturated rings. The van der Waals surface area contributed by atoms with Crippen LogP contribution in [0.25, 0.3) is 10.9 Å². The number of anilines is 1. The van der Waals surface area contributed by atoms with Gasteiger partial charge >= 0.3 is 6.03 Å². The highest BCUT2D eigenvalue weighted by Crippen LogP contribution is 2.45. The number of benzene rings is 4. The molecule has 0 aliphatic carbocycles. The van der Waals surface area contributed by atoms with Crippen molar-refractivity contribution in [1.29, 1.82) is 0 Å². The van der Waals surface area contributed by atoms with Crippen LogP contribution in [0.3, 0.4) is 0 Å². The fourth-order valence-electron chi connectivity index (χ4n) is 6.25. The molecule has 208 valence electrons. The highest BCUT2D eigenvalue weighted by molar-refractivity contribution is 6.24. The van der Waals surface area contributed by atoms with Gasteiger partial charge in [-0.3, -0.25) is 14.5 Å². The van der Waals surface area contributed by atoms with Crippen LogP contribution in [-0.4, -0.2) is 40.3 Å². The number of fused-ring (bicyclic) bond motifs is 4. The number of imide groups is 1. The number of urea groups is 1. The molecule has 4 aromatic carbocycles. The second-order valence-electron chi connectivity index (χ2n) is 10.6. The van der Waals surface area contributed by atoms with Gasteiger partial charge in [-0.2, -0.15) is 0 Å². The Balaban J connectivity index is 1.23. The van der Waals surface area contributed by atoms with Crippen molar-refractivity contribution in [3.8, 4) is 0 Å². The van der Waals surface area contributed by atoms with E-state index in [2.05, 4.69) is 10.3 Å². The molecule has 4 amide bonds. The zero-order valence-corrected chi connectivity index (χ0v) is 22.6. The van der Waals surface area contributed by atoms with Gasteiger partial charge < -0.3 is 10.3 Å². The number of para-hydroxylation sites is 2. The number of H-pyrrole nitrogens is 1. The summed E-state index contributed by atoms with van der Waals surface area (Å²) < 4.78 is 14.1. The highest BCUT2D eigenvalue weighted by atomic mass is 19.1. The van der Waals surface area contributed by atoms with Gasteiger partial charge in [-0.25, -0.2) is 14.1 Å². The summed E-state index contributed by atoms with van der Waals surface area (Å²) in [7, 11) is 0. The average Bonchev–Trinajstić information content (AvgIpc) is 3.51. The van der Waals surface area contributed by atoms with Crippen LogP contribution < -0.4 is 10.2 Å². The predicted octanol–water partition coefficient (Wildman–Crippen LogP) is 5.76. The van der Waals surface area contributed by atoms with Crippen LogP contribution in [0.2, 0.25) is 0 Å².